The van der Waals surface area contributed by atoms with Crippen molar-refractivity contribution >= 4 is 11.6 Å². The summed E-state index contributed by atoms with van der Waals surface area (Å²) < 4.78 is 26.7. The molecule has 1 saturated heterocycles. The first-order chi connectivity index (χ1) is 7.18. The van der Waals surface area contributed by atoms with E-state index < -0.39 is 11.6 Å². The minimum Gasteiger partial charge on any atom is -0.310 e. The lowest BCUT2D eigenvalue weighted by molar-refractivity contribution is 0.398. The predicted molar refractivity (Wildman–Crippen MR) is 56.0 cm³/mol. The predicted octanol–water partition coefficient (Wildman–Crippen LogP) is 3.43. The van der Waals surface area contributed by atoms with E-state index in [0.717, 1.165) is 31.9 Å². The number of nitrogens with one attached hydrogen (secondary N) is 1. The van der Waals surface area contributed by atoms with Gasteiger partial charge in [0.1, 0.15) is 11.6 Å². The summed E-state index contributed by atoms with van der Waals surface area (Å²) in [5, 5.41) is 3.02. The molecular formula is C11H12ClF2N. The molecule has 0 amide bonds. The number of halogens is 3. The fourth-order valence-corrected chi connectivity index (χ4v) is 2.16. The Morgan fingerprint density at radius 3 is 2.73 bits per heavy atom. The third-order valence-corrected chi connectivity index (χ3v) is 2.98. The molecule has 1 aromatic carbocycles. The van der Waals surface area contributed by atoms with E-state index in [-0.39, 0.29) is 11.1 Å². The summed E-state index contributed by atoms with van der Waals surface area (Å²) in [5.41, 5.74) is 0.347. The first-order valence-electron chi connectivity index (χ1n) is 5.06. The summed E-state index contributed by atoms with van der Waals surface area (Å²) in [4.78, 5) is 0. The van der Waals surface area contributed by atoms with Gasteiger partial charge in [0.15, 0.2) is 0 Å². The zero-order chi connectivity index (χ0) is 10.8. The van der Waals surface area contributed by atoms with Gasteiger partial charge in [-0.3, -0.25) is 0 Å². The fraction of sp³-hybridized carbons (Fsp3) is 0.455. The molecule has 1 atom stereocenters. The molecule has 15 heavy (non-hydrogen) atoms. The maximum Gasteiger partial charge on any atom is 0.146 e. The van der Waals surface area contributed by atoms with E-state index >= 15 is 0 Å². The summed E-state index contributed by atoms with van der Waals surface area (Å²) in [6, 6.07) is 2.12. The van der Waals surface area contributed by atoms with Gasteiger partial charge in [0.25, 0.3) is 0 Å². The molecular weight excluding hydrogens is 220 g/mol. The molecule has 1 aliphatic heterocycles. The number of hydrogen-bond donors (Lipinski definition) is 1. The van der Waals surface area contributed by atoms with Gasteiger partial charge >= 0.3 is 0 Å². The topological polar surface area (TPSA) is 12.0 Å². The molecule has 0 aliphatic carbocycles. The largest absolute Gasteiger partial charge is 0.310 e. The monoisotopic (exact) mass is 231 g/mol. The summed E-state index contributed by atoms with van der Waals surface area (Å²) in [6.45, 7) is 0.845. The number of rotatable bonds is 1. The molecule has 0 spiro atoms. The lowest BCUT2D eigenvalue weighted by Gasteiger charge is -2.24. The third-order valence-electron chi connectivity index (χ3n) is 2.71. The SMILES string of the molecule is Fc1cc(Cl)c(F)c(C2CCCCN2)c1. The van der Waals surface area contributed by atoms with Crippen LogP contribution in [0.25, 0.3) is 0 Å². The van der Waals surface area contributed by atoms with Gasteiger partial charge < -0.3 is 5.32 Å². The number of piperidine rings is 1. The van der Waals surface area contributed by atoms with Gasteiger partial charge in [0, 0.05) is 11.6 Å². The first kappa shape index (κ1) is 10.8. The molecule has 1 unspecified atom stereocenters. The van der Waals surface area contributed by atoms with Gasteiger partial charge in [-0.25, -0.2) is 8.78 Å². The zero-order valence-electron chi connectivity index (χ0n) is 8.19. The van der Waals surface area contributed by atoms with Gasteiger partial charge in [-0.15, -0.1) is 0 Å². The molecule has 2 rings (SSSR count). The first-order valence-corrected chi connectivity index (χ1v) is 5.44. The van der Waals surface area contributed by atoms with Crippen molar-refractivity contribution in [2.45, 2.75) is 25.3 Å². The second-order valence-corrected chi connectivity index (χ2v) is 4.20. The highest BCUT2D eigenvalue weighted by Crippen LogP contribution is 2.29. The Hall–Kier alpha value is -0.670. The smallest absolute Gasteiger partial charge is 0.146 e. The van der Waals surface area contributed by atoms with Crippen molar-refractivity contribution < 1.29 is 8.78 Å². The Labute approximate surface area is 92.4 Å². The molecule has 1 aliphatic rings. The van der Waals surface area contributed by atoms with E-state index in [1.54, 1.807) is 0 Å². The summed E-state index contributed by atoms with van der Waals surface area (Å²) in [7, 11) is 0. The van der Waals surface area contributed by atoms with E-state index in [9.17, 15) is 8.78 Å². The van der Waals surface area contributed by atoms with Crippen LogP contribution in [0, 0.1) is 11.6 Å². The Morgan fingerprint density at radius 1 is 1.27 bits per heavy atom. The molecule has 82 valence electrons. The van der Waals surface area contributed by atoms with Crippen LogP contribution in [0.15, 0.2) is 12.1 Å². The molecule has 0 bridgehead atoms. The van der Waals surface area contributed by atoms with Crippen LogP contribution in [0.4, 0.5) is 8.78 Å². The Bertz CT molecular complexity index is 362. The summed E-state index contributed by atoms with van der Waals surface area (Å²) >= 11 is 5.60. The number of hydrogen-bond acceptors (Lipinski definition) is 1. The van der Waals surface area contributed by atoms with Gasteiger partial charge in [-0.2, -0.15) is 0 Å². The van der Waals surface area contributed by atoms with Crippen LogP contribution in [-0.4, -0.2) is 6.54 Å². The molecule has 1 N–H and O–H groups in total. The quantitative estimate of drug-likeness (QED) is 0.731. The van der Waals surface area contributed by atoms with Crippen molar-refractivity contribution in [3.8, 4) is 0 Å². The zero-order valence-corrected chi connectivity index (χ0v) is 8.95. The molecule has 1 fully saturated rings. The van der Waals surface area contributed by atoms with Gasteiger partial charge in [0.05, 0.1) is 5.02 Å². The Morgan fingerprint density at radius 2 is 2.07 bits per heavy atom. The lowest BCUT2D eigenvalue weighted by atomic mass is 9.97. The van der Waals surface area contributed by atoms with Gasteiger partial charge in [-0.1, -0.05) is 18.0 Å². The van der Waals surface area contributed by atoms with Crippen LogP contribution in [0.5, 0.6) is 0 Å². The van der Waals surface area contributed by atoms with Crippen molar-refractivity contribution in [1.29, 1.82) is 0 Å². The summed E-state index contributed by atoms with van der Waals surface area (Å²) in [5.74, 6) is -0.985. The van der Waals surface area contributed by atoms with Crippen molar-refractivity contribution in [2.24, 2.45) is 0 Å². The minimum atomic E-state index is -0.502. The van der Waals surface area contributed by atoms with Crippen molar-refractivity contribution in [1.82, 2.24) is 5.32 Å². The van der Waals surface area contributed by atoms with Crippen molar-refractivity contribution in [3.05, 3.63) is 34.4 Å². The standard InChI is InChI=1S/C11H12ClF2N/c12-9-6-7(13)5-8(11(9)14)10-3-1-2-4-15-10/h5-6,10,15H,1-4H2. The van der Waals surface area contributed by atoms with Crippen LogP contribution >= 0.6 is 11.6 Å². The molecule has 0 radical (unpaired) electrons. The Kier molecular flexibility index (Phi) is 3.22. The average Bonchev–Trinajstić information content (AvgIpc) is 2.24. The second-order valence-electron chi connectivity index (χ2n) is 3.79. The normalized spacial score (nSPS) is 21.7. The lowest BCUT2D eigenvalue weighted by Crippen LogP contribution is -2.27. The molecule has 0 saturated carbocycles. The highest BCUT2D eigenvalue weighted by Gasteiger charge is 2.20. The van der Waals surface area contributed by atoms with E-state index in [0.29, 0.717) is 5.56 Å². The van der Waals surface area contributed by atoms with E-state index in [4.69, 9.17) is 11.6 Å². The van der Waals surface area contributed by atoms with Gasteiger partial charge in [0.2, 0.25) is 0 Å². The van der Waals surface area contributed by atoms with Crippen LogP contribution < -0.4 is 5.32 Å². The van der Waals surface area contributed by atoms with Crippen LogP contribution in [0.1, 0.15) is 30.9 Å². The molecule has 0 aromatic heterocycles. The van der Waals surface area contributed by atoms with Crippen molar-refractivity contribution in [2.75, 3.05) is 6.54 Å². The fourth-order valence-electron chi connectivity index (χ4n) is 1.95. The number of benzene rings is 1. The van der Waals surface area contributed by atoms with Crippen molar-refractivity contribution in [3.63, 3.8) is 0 Å². The Balaban J connectivity index is 2.33. The molecule has 1 heterocycles. The average molecular weight is 232 g/mol. The highest BCUT2D eigenvalue weighted by atomic mass is 35.5. The molecule has 1 nitrogen and oxygen atoms in total. The highest BCUT2D eigenvalue weighted by molar-refractivity contribution is 6.30. The molecule has 4 heteroatoms. The van der Waals surface area contributed by atoms with E-state index in [1.807, 2.05) is 0 Å². The maximum atomic E-state index is 13.6. The van der Waals surface area contributed by atoms with Crippen LogP contribution in [-0.2, 0) is 0 Å². The maximum absolute atomic E-state index is 13.6. The van der Waals surface area contributed by atoms with E-state index in [1.165, 1.54) is 6.07 Å². The van der Waals surface area contributed by atoms with Gasteiger partial charge in [-0.05, 0) is 31.5 Å². The van der Waals surface area contributed by atoms with E-state index in [2.05, 4.69) is 5.32 Å². The summed E-state index contributed by atoms with van der Waals surface area (Å²) in [6.07, 6.45) is 2.95. The van der Waals surface area contributed by atoms with Crippen LogP contribution in [0.3, 0.4) is 0 Å². The van der Waals surface area contributed by atoms with Crippen LogP contribution in [0.2, 0.25) is 5.02 Å². The molecule has 1 aromatic rings. The third kappa shape index (κ3) is 2.29. The second kappa shape index (κ2) is 4.45. The minimum absolute atomic E-state index is 0.105.